The van der Waals surface area contributed by atoms with Crippen LogP contribution in [0.25, 0.3) is 22.1 Å². The summed E-state index contributed by atoms with van der Waals surface area (Å²) < 4.78 is 6.12. The second-order valence-electron chi connectivity index (χ2n) is 9.36. The number of nitrogens with zero attached hydrogens (tertiary/aromatic N) is 1. The number of carbonyl (C=O) groups excluding carboxylic acids is 2. The van der Waals surface area contributed by atoms with Crippen LogP contribution in [0.4, 0.5) is 5.69 Å². The molecular formula is C26H27N3O3. The number of benzene rings is 2. The minimum atomic E-state index is -0.152. The highest BCUT2D eigenvalue weighted by molar-refractivity contribution is 6.04. The molecule has 2 bridgehead atoms. The molecule has 4 aliphatic rings. The van der Waals surface area contributed by atoms with Crippen LogP contribution >= 0.6 is 0 Å². The lowest BCUT2D eigenvalue weighted by Crippen LogP contribution is -2.57. The second-order valence-corrected chi connectivity index (χ2v) is 9.36. The van der Waals surface area contributed by atoms with E-state index in [1.807, 2.05) is 48.5 Å². The predicted octanol–water partition coefficient (Wildman–Crippen LogP) is 4.27. The quantitative estimate of drug-likeness (QED) is 0.635. The largest absolute Gasteiger partial charge is 0.450 e. The van der Waals surface area contributed by atoms with Gasteiger partial charge in [0.25, 0.3) is 5.91 Å². The molecule has 0 unspecified atom stereocenters. The van der Waals surface area contributed by atoms with Gasteiger partial charge in [-0.05, 0) is 56.8 Å². The van der Waals surface area contributed by atoms with Gasteiger partial charge in [-0.25, -0.2) is 0 Å². The first kappa shape index (κ1) is 19.6. The number of amides is 2. The monoisotopic (exact) mass is 429 g/mol. The number of hydrogen-bond donors (Lipinski definition) is 2. The van der Waals surface area contributed by atoms with Gasteiger partial charge < -0.3 is 20.0 Å². The number of carbonyl (C=O) groups is 2. The van der Waals surface area contributed by atoms with Crippen molar-refractivity contribution in [3.8, 4) is 11.1 Å². The molecule has 6 heteroatoms. The molecule has 32 heavy (non-hydrogen) atoms. The maximum absolute atomic E-state index is 13.0. The van der Waals surface area contributed by atoms with Crippen LogP contribution < -0.4 is 10.6 Å². The van der Waals surface area contributed by atoms with Crippen molar-refractivity contribution in [1.82, 2.24) is 10.2 Å². The van der Waals surface area contributed by atoms with Gasteiger partial charge in [0.05, 0.1) is 0 Å². The van der Waals surface area contributed by atoms with Crippen molar-refractivity contribution in [3.63, 3.8) is 0 Å². The highest BCUT2D eigenvalue weighted by atomic mass is 16.3. The summed E-state index contributed by atoms with van der Waals surface area (Å²) in [4.78, 5) is 27.8. The van der Waals surface area contributed by atoms with E-state index in [1.165, 1.54) is 0 Å². The molecule has 6 nitrogen and oxygen atoms in total. The molecule has 3 saturated heterocycles. The van der Waals surface area contributed by atoms with E-state index in [-0.39, 0.29) is 23.8 Å². The Hall–Kier alpha value is -3.12. The molecule has 1 aromatic heterocycles. The van der Waals surface area contributed by atoms with Gasteiger partial charge in [-0.15, -0.1) is 0 Å². The Bertz CT molecular complexity index is 1190. The van der Waals surface area contributed by atoms with Gasteiger partial charge in [0.15, 0.2) is 5.76 Å². The SMILES string of the molecule is O=C(N[C@H]1CN2CCC1CC2)c1cc2cccc(-c3ccccc3NC(=O)C3CC3)c2o1. The summed E-state index contributed by atoms with van der Waals surface area (Å²) in [6, 6.07) is 15.7. The Morgan fingerprint density at radius 3 is 2.47 bits per heavy atom. The molecule has 3 aliphatic heterocycles. The third-order valence-electron chi connectivity index (χ3n) is 7.16. The molecule has 2 amide bonds. The molecule has 0 radical (unpaired) electrons. The fourth-order valence-corrected chi connectivity index (χ4v) is 5.16. The summed E-state index contributed by atoms with van der Waals surface area (Å²) >= 11 is 0. The van der Waals surface area contributed by atoms with Gasteiger partial charge in [-0.1, -0.05) is 36.4 Å². The maximum Gasteiger partial charge on any atom is 0.287 e. The highest BCUT2D eigenvalue weighted by Gasteiger charge is 2.35. The van der Waals surface area contributed by atoms with Crippen molar-refractivity contribution < 1.29 is 14.0 Å². The van der Waals surface area contributed by atoms with Crippen LogP contribution in [0.5, 0.6) is 0 Å². The minimum Gasteiger partial charge on any atom is -0.450 e. The fourth-order valence-electron chi connectivity index (χ4n) is 5.16. The van der Waals surface area contributed by atoms with Crippen LogP contribution in [0.15, 0.2) is 52.9 Å². The summed E-state index contributed by atoms with van der Waals surface area (Å²) in [5.41, 5.74) is 3.20. The Balaban J connectivity index is 1.30. The smallest absolute Gasteiger partial charge is 0.287 e. The molecule has 1 aliphatic carbocycles. The van der Waals surface area contributed by atoms with Gasteiger partial charge in [0.1, 0.15) is 5.58 Å². The minimum absolute atomic E-state index is 0.0710. The Labute approximate surface area is 187 Å². The number of furan rings is 1. The number of piperidine rings is 3. The lowest BCUT2D eigenvalue weighted by Gasteiger charge is -2.44. The summed E-state index contributed by atoms with van der Waals surface area (Å²) in [5.74, 6) is 0.946. The number of para-hydroxylation sites is 2. The van der Waals surface area contributed by atoms with Crippen LogP contribution in [0.3, 0.4) is 0 Å². The second kappa shape index (κ2) is 7.78. The van der Waals surface area contributed by atoms with Crippen molar-refractivity contribution in [1.29, 1.82) is 0 Å². The van der Waals surface area contributed by atoms with E-state index in [2.05, 4.69) is 15.5 Å². The maximum atomic E-state index is 13.0. The number of fused-ring (bicyclic) bond motifs is 4. The molecule has 2 aromatic carbocycles. The summed E-state index contributed by atoms with van der Waals surface area (Å²) in [6.45, 7) is 3.21. The Morgan fingerprint density at radius 1 is 0.938 bits per heavy atom. The lowest BCUT2D eigenvalue weighted by molar-refractivity contribution is -0.117. The molecule has 1 atom stereocenters. The normalized spacial score (nSPS) is 24.4. The molecule has 4 fully saturated rings. The van der Waals surface area contributed by atoms with E-state index in [1.54, 1.807) is 0 Å². The summed E-state index contributed by atoms with van der Waals surface area (Å²) in [6.07, 6.45) is 4.22. The zero-order valence-electron chi connectivity index (χ0n) is 18.0. The van der Waals surface area contributed by atoms with Crippen molar-refractivity contribution in [2.45, 2.75) is 31.7 Å². The molecule has 2 N–H and O–H groups in total. The molecule has 4 heterocycles. The van der Waals surface area contributed by atoms with Crippen molar-refractivity contribution in [2.75, 3.05) is 25.0 Å². The summed E-state index contributed by atoms with van der Waals surface area (Å²) in [7, 11) is 0. The van der Waals surface area contributed by atoms with Gasteiger partial charge in [-0.3, -0.25) is 9.59 Å². The van der Waals surface area contributed by atoms with Crippen LogP contribution in [0.1, 0.15) is 36.2 Å². The number of nitrogens with one attached hydrogen (secondary N) is 2. The average Bonchev–Trinajstić information content (AvgIpc) is 3.58. The lowest BCUT2D eigenvalue weighted by atomic mass is 9.84. The van der Waals surface area contributed by atoms with Crippen LogP contribution in [-0.4, -0.2) is 42.4 Å². The van der Waals surface area contributed by atoms with E-state index in [0.717, 1.165) is 67.5 Å². The van der Waals surface area contributed by atoms with Gasteiger partial charge >= 0.3 is 0 Å². The van der Waals surface area contributed by atoms with Crippen molar-refractivity contribution >= 4 is 28.5 Å². The van der Waals surface area contributed by atoms with Crippen LogP contribution in [0.2, 0.25) is 0 Å². The standard InChI is InChI=1S/C26H27N3O3/c30-25(17-8-9-17)27-21-7-2-1-5-19(21)20-6-3-4-18-14-23(32-24(18)20)26(31)28-22-15-29-12-10-16(22)11-13-29/h1-7,14,16-17,22H,8-13,15H2,(H,27,30)(H,28,31)/t22-/m0/s1. The van der Waals surface area contributed by atoms with Crippen LogP contribution in [-0.2, 0) is 4.79 Å². The van der Waals surface area contributed by atoms with Crippen molar-refractivity contribution in [3.05, 3.63) is 54.3 Å². The zero-order chi connectivity index (χ0) is 21.7. The first-order valence-corrected chi connectivity index (χ1v) is 11.6. The molecule has 0 spiro atoms. The van der Waals surface area contributed by atoms with Crippen molar-refractivity contribution in [2.24, 2.45) is 11.8 Å². The third-order valence-corrected chi connectivity index (χ3v) is 7.16. The van der Waals surface area contributed by atoms with Gasteiger partial charge in [0, 0.05) is 40.7 Å². The molecule has 164 valence electrons. The van der Waals surface area contributed by atoms with E-state index in [4.69, 9.17) is 4.42 Å². The Kier molecular flexibility index (Phi) is 4.76. The third kappa shape index (κ3) is 3.58. The van der Waals surface area contributed by atoms with E-state index in [9.17, 15) is 9.59 Å². The van der Waals surface area contributed by atoms with Crippen LogP contribution in [0, 0.1) is 11.8 Å². The average molecular weight is 430 g/mol. The summed E-state index contributed by atoms with van der Waals surface area (Å²) in [5, 5.41) is 7.16. The fraction of sp³-hybridized carbons (Fsp3) is 0.385. The van der Waals surface area contributed by atoms with Gasteiger partial charge in [0.2, 0.25) is 5.91 Å². The number of hydrogen-bond acceptors (Lipinski definition) is 4. The zero-order valence-corrected chi connectivity index (χ0v) is 18.0. The van der Waals surface area contributed by atoms with E-state index >= 15 is 0 Å². The number of rotatable bonds is 5. The molecule has 1 saturated carbocycles. The topological polar surface area (TPSA) is 74.6 Å². The first-order chi connectivity index (χ1) is 15.7. The molecule has 7 rings (SSSR count). The van der Waals surface area contributed by atoms with E-state index < -0.39 is 0 Å². The molecule has 3 aromatic rings. The first-order valence-electron chi connectivity index (χ1n) is 11.6. The van der Waals surface area contributed by atoms with E-state index in [0.29, 0.717) is 17.3 Å². The highest BCUT2D eigenvalue weighted by Crippen LogP contribution is 2.37. The predicted molar refractivity (Wildman–Crippen MR) is 123 cm³/mol. The van der Waals surface area contributed by atoms with Gasteiger partial charge in [-0.2, -0.15) is 0 Å². The number of anilines is 1. The Morgan fingerprint density at radius 2 is 1.72 bits per heavy atom. The molecular weight excluding hydrogens is 402 g/mol.